The fraction of sp³-hybridized carbons (Fsp3) is 0.667. The molecule has 1 unspecified atom stereocenters. The molecule has 2 heterocycles. The fourth-order valence-electron chi connectivity index (χ4n) is 1.93. The number of aryl methyl sites for hydroxylation is 1. The van der Waals surface area contributed by atoms with Crippen molar-refractivity contribution in [2.75, 3.05) is 6.54 Å². The summed E-state index contributed by atoms with van der Waals surface area (Å²) in [6.45, 7) is 2.90. The van der Waals surface area contributed by atoms with E-state index in [0.29, 0.717) is 16.3 Å². The third-order valence-corrected chi connectivity index (χ3v) is 3.34. The summed E-state index contributed by atoms with van der Waals surface area (Å²) in [4.78, 5) is 14.0. The second kappa shape index (κ2) is 3.92. The van der Waals surface area contributed by atoms with Crippen LogP contribution in [0.5, 0.6) is 0 Å². The molecule has 2 rings (SSSR count). The Morgan fingerprint density at radius 3 is 2.80 bits per heavy atom. The van der Waals surface area contributed by atoms with Gasteiger partial charge in [-0.25, -0.2) is 4.68 Å². The number of hydrogen-bond acceptors (Lipinski definition) is 3. The molecule has 0 spiro atoms. The van der Waals surface area contributed by atoms with Gasteiger partial charge in [0.25, 0.3) is 5.91 Å². The zero-order chi connectivity index (χ0) is 11.0. The van der Waals surface area contributed by atoms with E-state index in [4.69, 9.17) is 0 Å². The lowest BCUT2D eigenvalue weighted by Crippen LogP contribution is -2.35. The van der Waals surface area contributed by atoms with Gasteiger partial charge in [0.1, 0.15) is 0 Å². The van der Waals surface area contributed by atoms with Gasteiger partial charge in [-0.1, -0.05) is 5.21 Å². The highest BCUT2D eigenvalue weighted by atomic mass is 79.9. The van der Waals surface area contributed by atoms with Crippen molar-refractivity contribution in [3.8, 4) is 0 Å². The Morgan fingerprint density at radius 2 is 2.33 bits per heavy atom. The van der Waals surface area contributed by atoms with Crippen molar-refractivity contribution in [1.82, 2.24) is 19.9 Å². The molecule has 0 bridgehead atoms. The van der Waals surface area contributed by atoms with Crippen LogP contribution in [0.2, 0.25) is 0 Å². The number of aromatic nitrogens is 3. The minimum Gasteiger partial charge on any atom is -0.335 e. The second-order valence-corrected chi connectivity index (χ2v) is 4.59. The molecule has 1 aromatic rings. The molecule has 15 heavy (non-hydrogen) atoms. The largest absolute Gasteiger partial charge is 0.335 e. The Hall–Kier alpha value is -0.910. The van der Waals surface area contributed by atoms with E-state index >= 15 is 0 Å². The van der Waals surface area contributed by atoms with Crippen LogP contribution >= 0.6 is 15.9 Å². The number of halogens is 1. The average molecular weight is 273 g/mol. The van der Waals surface area contributed by atoms with Crippen molar-refractivity contribution in [2.45, 2.75) is 25.8 Å². The van der Waals surface area contributed by atoms with Gasteiger partial charge < -0.3 is 4.90 Å². The lowest BCUT2D eigenvalue weighted by molar-refractivity contribution is 0.0735. The summed E-state index contributed by atoms with van der Waals surface area (Å²) in [5.41, 5.74) is 0.531. The number of rotatable bonds is 1. The van der Waals surface area contributed by atoms with Gasteiger partial charge in [-0.05, 0) is 35.7 Å². The molecule has 0 saturated carbocycles. The van der Waals surface area contributed by atoms with Gasteiger partial charge in [0, 0.05) is 19.6 Å². The molecule has 82 valence electrons. The van der Waals surface area contributed by atoms with E-state index in [1.54, 1.807) is 7.05 Å². The summed E-state index contributed by atoms with van der Waals surface area (Å²) in [5, 5.41) is 7.62. The van der Waals surface area contributed by atoms with Crippen molar-refractivity contribution in [3.05, 3.63) is 10.3 Å². The highest BCUT2D eigenvalue weighted by molar-refractivity contribution is 9.10. The summed E-state index contributed by atoms with van der Waals surface area (Å²) in [6, 6.07) is 0.319. The minimum atomic E-state index is 0.0133. The van der Waals surface area contributed by atoms with Gasteiger partial charge in [-0.2, -0.15) is 0 Å². The Balaban J connectivity index is 2.28. The smallest absolute Gasteiger partial charge is 0.275 e. The first kappa shape index (κ1) is 10.6. The van der Waals surface area contributed by atoms with Crippen LogP contribution in [0.1, 0.15) is 30.3 Å². The normalized spacial score (nSPS) is 21.0. The third-order valence-electron chi connectivity index (χ3n) is 2.80. The van der Waals surface area contributed by atoms with E-state index < -0.39 is 0 Å². The molecule has 0 aliphatic carbocycles. The Bertz CT molecular complexity index is 370. The van der Waals surface area contributed by atoms with E-state index in [-0.39, 0.29) is 5.91 Å². The quantitative estimate of drug-likeness (QED) is 0.772. The molecular formula is C9H13BrN4O. The summed E-state index contributed by atoms with van der Waals surface area (Å²) in [7, 11) is 1.73. The average Bonchev–Trinajstić information content (AvgIpc) is 2.73. The molecule has 1 amide bonds. The molecule has 6 heteroatoms. The summed E-state index contributed by atoms with van der Waals surface area (Å²) in [5.74, 6) is 0.0133. The number of hydrogen-bond donors (Lipinski definition) is 0. The van der Waals surface area contributed by atoms with Crippen molar-refractivity contribution in [2.24, 2.45) is 7.05 Å². The predicted octanol–water partition coefficient (Wildman–Crippen LogP) is 1.20. The Labute approximate surface area is 96.6 Å². The van der Waals surface area contributed by atoms with Crippen LogP contribution in [0.3, 0.4) is 0 Å². The zero-order valence-corrected chi connectivity index (χ0v) is 10.4. The number of likely N-dealkylation sites (tertiary alicyclic amines) is 1. The molecule has 0 aromatic carbocycles. The first-order valence-corrected chi connectivity index (χ1v) is 5.76. The van der Waals surface area contributed by atoms with Crippen molar-refractivity contribution in [1.29, 1.82) is 0 Å². The van der Waals surface area contributed by atoms with Crippen LogP contribution in [-0.2, 0) is 7.05 Å². The van der Waals surface area contributed by atoms with E-state index in [9.17, 15) is 4.79 Å². The van der Waals surface area contributed by atoms with Gasteiger partial charge in [0.05, 0.1) is 0 Å². The maximum atomic E-state index is 12.2. The van der Waals surface area contributed by atoms with E-state index in [0.717, 1.165) is 19.4 Å². The molecule has 1 fully saturated rings. The zero-order valence-electron chi connectivity index (χ0n) is 8.77. The van der Waals surface area contributed by atoms with Crippen molar-refractivity contribution in [3.63, 3.8) is 0 Å². The van der Waals surface area contributed by atoms with Crippen LogP contribution in [0.15, 0.2) is 4.60 Å². The van der Waals surface area contributed by atoms with Crippen LogP contribution in [-0.4, -0.2) is 38.4 Å². The Kier molecular flexibility index (Phi) is 2.77. The minimum absolute atomic E-state index is 0.0133. The Morgan fingerprint density at radius 1 is 1.60 bits per heavy atom. The number of carbonyl (C=O) groups is 1. The summed E-state index contributed by atoms with van der Waals surface area (Å²) in [6.07, 6.45) is 2.16. The van der Waals surface area contributed by atoms with Gasteiger partial charge in [-0.3, -0.25) is 4.79 Å². The lowest BCUT2D eigenvalue weighted by atomic mass is 10.2. The fourth-order valence-corrected chi connectivity index (χ4v) is 2.43. The molecule has 1 aromatic heterocycles. The van der Waals surface area contributed by atoms with Crippen molar-refractivity contribution < 1.29 is 4.79 Å². The standard InChI is InChI=1S/C9H13BrN4O/c1-6-4-3-5-14(6)9(15)7-8(10)11-12-13(7)2/h6H,3-5H2,1-2H3. The van der Waals surface area contributed by atoms with Gasteiger partial charge in [0.2, 0.25) is 0 Å². The van der Waals surface area contributed by atoms with E-state index in [1.807, 2.05) is 4.90 Å². The summed E-state index contributed by atoms with van der Waals surface area (Å²) >= 11 is 3.24. The number of nitrogens with zero attached hydrogens (tertiary/aromatic N) is 4. The molecule has 0 N–H and O–H groups in total. The molecule has 1 atom stereocenters. The molecule has 1 aliphatic rings. The van der Waals surface area contributed by atoms with Gasteiger partial charge >= 0.3 is 0 Å². The second-order valence-electron chi connectivity index (χ2n) is 3.84. The molecule has 1 aliphatic heterocycles. The van der Waals surface area contributed by atoms with Gasteiger partial charge in [-0.15, -0.1) is 5.10 Å². The van der Waals surface area contributed by atoms with Gasteiger partial charge in [0.15, 0.2) is 10.3 Å². The topological polar surface area (TPSA) is 51.0 Å². The van der Waals surface area contributed by atoms with Crippen LogP contribution in [0.25, 0.3) is 0 Å². The molecule has 0 radical (unpaired) electrons. The molecular weight excluding hydrogens is 260 g/mol. The molecule has 1 saturated heterocycles. The number of carbonyl (C=O) groups excluding carboxylic acids is 1. The van der Waals surface area contributed by atoms with Crippen LogP contribution < -0.4 is 0 Å². The highest BCUT2D eigenvalue weighted by Gasteiger charge is 2.29. The van der Waals surface area contributed by atoms with Crippen LogP contribution in [0, 0.1) is 0 Å². The van der Waals surface area contributed by atoms with Crippen LogP contribution in [0.4, 0.5) is 0 Å². The highest BCUT2D eigenvalue weighted by Crippen LogP contribution is 2.21. The molecule has 5 nitrogen and oxygen atoms in total. The first-order valence-electron chi connectivity index (χ1n) is 4.97. The third kappa shape index (κ3) is 1.78. The maximum Gasteiger partial charge on any atom is 0.275 e. The predicted molar refractivity (Wildman–Crippen MR) is 58.4 cm³/mol. The number of amides is 1. The lowest BCUT2D eigenvalue weighted by Gasteiger charge is -2.20. The monoisotopic (exact) mass is 272 g/mol. The van der Waals surface area contributed by atoms with E-state index in [1.165, 1.54) is 4.68 Å². The maximum absolute atomic E-state index is 12.2. The van der Waals surface area contributed by atoms with Crippen molar-refractivity contribution >= 4 is 21.8 Å². The van der Waals surface area contributed by atoms with E-state index in [2.05, 4.69) is 33.2 Å². The summed E-state index contributed by atoms with van der Waals surface area (Å²) < 4.78 is 2.03. The first-order chi connectivity index (χ1) is 7.11. The SMILES string of the molecule is CC1CCCN1C(=O)c1c(Br)nnn1C.